The highest BCUT2D eigenvalue weighted by molar-refractivity contribution is 7.09. The SMILES string of the molecule is Cc1cccc(C(CCc2scnc2C)CNC2CC2)c1. The maximum Gasteiger partial charge on any atom is 0.0797 e. The molecule has 1 heterocycles. The summed E-state index contributed by atoms with van der Waals surface area (Å²) >= 11 is 1.80. The van der Waals surface area contributed by atoms with E-state index in [1.165, 1.54) is 41.0 Å². The van der Waals surface area contributed by atoms with Gasteiger partial charge in [-0.15, -0.1) is 11.3 Å². The van der Waals surface area contributed by atoms with E-state index < -0.39 is 0 Å². The Balaban J connectivity index is 1.67. The van der Waals surface area contributed by atoms with Gasteiger partial charge in [0.15, 0.2) is 0 Å². The number of benzene rings is 1. The zero-order valence-corrected chi connectivity index (χ0v) is 13.7. The van der Waals surface area contributed by atoms with E-state index in [0.717, 1.165) is 19.0 Å². The van der Waals surface area contributed by atoms with Crippen LogP contribution in [0.15, 0.2) is 29.8 Å². The fraction of sp³-hybridized carbons (Fsp3) is 0.500. The fourth-order valence-corrected chi connectivity index (χ4v) is 3.58. The molecule has 0 radical (unpaired) electrons. The summed E-state index contributed by atoms with van der Waals surface area (Å²) in [6.07, 6.45) is 5.05. The first-order valence-corrected chi connectivity index (χ1v) is 8.79. The fourth-order valence-electron chi connectivity index (χ4n) is 2.78. The van der Waals surface area contributed by atoms with E-state index in [1.54, 1.807) is 11.3 Å². The van der Waals surface area contributed by atoms with Crippen LogP contribution in [0.1, 0.15) is 46.9 Å². The van der Waals surface area contributed by atoms with E-state index in [0.29, 0.717) is 5.92 Å². The molecule has 3 rings (SSSR count). The van der Waals surface area contributed by atoms with Crippen LogP contribution in [0.5, 0.6) is 0 Å². The van der Waals surface area contributed by atoms with Gasteiger partial charge in [0.2, 0.25) is 0 Å². The summed E-state index contributed by atoms with van der Waals surface area (Å²) in [6.45, 7) is 5.41. The van der Waals surface area contributed by atoms with Crippen LogP contribution in [-0.2, 0) is 6.42 Å². The minimum atomic E-state index is 0.604. The van der Waals surface area contributed by atoms with Crippen molar-refractivity contribution in [3.05, 3.63) is 51.5 Å². The lowest BCUT2D eigenvalue weighted by Crippen LogP contribution is -2.24. The molecule has 0 saturated heterocycles. The van der Waals surface area contributed by atoms with Crippen molar-refractivity contribution in [3.8, 4) is 0 Å². The van der Waals surface area contributed by atoms with Gasteiger partial charge in [-0.3, -0.25) is 0 Å². The normalized spacial score (nSPS) is 16.1. The molecule has 1 atom stereocenters. The van der Waals surface area contributed by atoms with Crippen molar-refractivity contribution in [2.24, 2.45) is 0 Å². The summed E-state index contributed by atoms with van der Waals surface area (Å²) in [4.78, 5) is 5.81. The molecule has 1 unspecified atom stereocenters. The van der Waals surface area contributed by atoms with Gasteiger partial charge < -0.3 is 5.32 Å². The van der Waals surface area contributed by atoms with Gasteiger partial charge in [0, 0.05) is 17.5 Å². The first-order valence-electron chi connectivity index (χ1n) is 7.91. The maximum atomic E-state index is 4.37. The Bertz CT molecular complexity index is 586. The zero-order chi connectivity index (χ0) is 14.7. The first kappa shape index (κ1) is 14.7. The number of aryl methyl sites for hydroxylation is 3. The summed E-state index contributed by atoms with van der Waals surface area (Å²) in [5.41, 5.74) is 6.01. The van der Waals surface area contributed by atoms with Crippen LogP contribution in [0.3, 0.4) is 0 Å². The summed E-state index contributed by atoms with van der Waals surface area (Å²) in [7, 11) is 0. The molecule has 1 aromatic heterocycles. The molecule has 1 N–H and O–H groups in total. The second kappa shape index (κ2) is 6.71. The topological polar surface area (TPSA) is 24.9 Å². The molecule has 0 aliphatic heterocycles. The van der Waals surface area contributed by atoms with E-state index in [-0.39, 0.29) is 0 Å². The third-order valence-corrected chi connectivity index (χ3v) is 5.30. The monoisotopic (exact) mass is 300 g/mol. The van der Waals surface area contributed by atoms with Crippen molar-refractivity contribution >= 4 is 11.3 Å². The zero-order valence-electron chi connectivity index (χ0n) is 12.9. The van der Waals surface area contributed by atoms with Gasteiger partial charge in [-0.25, -0.2) is 4.98 Å². The number of thiazole rings is 1. The van der Waals surface area contributed by atoms with Gasteiger partial charge in [-0.05, 0) is 51.0 Å². The van der Waals surface area contributed by atoms with Gasteiger partial charge >= 0.3 is 0 Å². The molecule has 1 aliphatic rings. The molecule has 1 fully saturated rings. The van der Waals surface area contributed by atoms with Crippen molar-refractivity contribution in [2.75, 3.05) is 6.54 Å². The second-order valence-electron chi connectivity index (χ2n) is 6.19. The van der Waals surface area contributed by atoms with E-state index in [2.05, 4.69) is 48.4 Å². The minimum Gasteiger partial charge on any atom is -0.313 e. The van der Waals surface area contributed by atoms with Crippen LogP contribution < -0.4 is 5.32 Å². The van der Waals surface area contributed by atoms with Gasteiger partial charge in [0.25, 0.3) is 0 Å². The quantitative estimate of drug-likeness (QED) is 0.828. The number of hydrogen-bond donors (Lipinski definition) is 1. The lowest BCUT2D eigenvalue weighted by atomic mass is 9.92. The lowest BCUT2D eigenvalue weighted by molar-refractivity contribution is 0.549. The number of nitrogens with zero attached hydrogens (tertiary/aromatic N) is 1. The molecular formula is C18H24N2S. The minimum absolute atomic E-state index is 0.604. The molecule has 0 spiro atoms. The highest BCUT2D eigenvalue weighted by Crippen LogP contribution is 2.26. The van der Waals surface area contributed by atoms with E-state index in [1.807, 2.05) is 5.51 Å². The Morgan fingerprint density at radius 2 is 2.19 bits per heavy atom. The average molecular weight is 300 g/mol. The van der Waals surface area contributed by atoms with Crippen LogP contribution in [-0.4, -0.2) is 17.6 Å². The van der Waals surface area contributed by atoms with Crippen LogP contribution in [0, 0.1) is 13.8 Å². The van der Waals surface area contributed by atoms with E-state index in [9.17, 15) is 0 Å². The molecule has 1 aromatic carbocycles. The van der Waals surface area contributed by atoms with Crippen LogP contribution in [0.2, 0.25) is 0 Å². The Kier molecular flexibility index (Phi) is 4.71. The van der Waals surface area contributed by atoms with Crippen molar-refractivity contribution in [3.63, 3.8) is 0 Å². The molecule has 3 heteroatoms. The Labute approximate surface area is 131 Å². The molecule has 2 nitrogen and oxygen atoms in total. The summed E-state index contributed by atoms with van der Waals surface area (Å²) < 4.78 is 0. The number of rotatable bonds is 7. The largest absolute Gasteiger partial charge is 0.313 e. The van der Waals surface area contributed by atoms with Crippen LogP contribution in [0.4, 0.5) is 0 Å². The molecular weight excluding hydrogens is 276 g/mol. The Hall–Kier alpha value is -1.19. The van der Waals surface area contributed by atoms with Crippen molar-refractivity contribution in [2.45, 2.75) is 51.5 Å². The predicted octanol–water partition coefficient (Wildman–Crippen LogP) is 4.23. The maximum absolute atomic E-state index is 4.37. The summed E-state index contributed by atoms with van der Waals surface area (Å²) in [6, 6.07) is 9.78. The lowest BCUT2D eigenvalue weighted by Gasteiger charge is -2.18. The second-order valence-corrected chi connectivity index (χ2v) is 7.13. The molecule has 1 saturated carbocycles. The molecule has 21 heavy (non-hydrogen) atoms. The van der Waals surface area contributed by atoms with E-state index >= 15 is 0 Å². The Morgan fingerprint density at radius 1 is 1.33 bits per heavy atom. The van der Waals surface area contributed by atoms with Crippen LogP contribution in [0.25, 0.3) is 0 Å². The molecule has 0 amide bonds. The van der Waals surface area contributed by atoms with Gasteiger partial charge in [0.05, 0.1) is 11.2 Å². The number of nitrogens with one attached hydrogen (secondary N) is 1. The predicted molar refractivity (Wildman–Crippen MR) is 90.1 cm³/mol. The first-order chi connectivity index (χ1) is 10.2. The molecule has 2 aromatic rings. The van der Waals surface area contributed by atoms with Crippen LogP contribution >= 0.6 is 11.3 Å². The number of aromatic nitrogens is 1. The highest BCUT2D eigenvalue weighted by Gasteiger charge is 2.22. The molecule has 112 valence electrons. The van der Waals surface area contributed by atoms with E-state index in [4.69, 9.17) is 0 Å². The summed E-state index contributed by atoms with van der Waals surface area (Å²) in [5.74, 6) is 0.604. The Morgan fingerprint density at radius 3 is 2.86 bits per heavy atom. The smallest absolute Gasteiger partial charge is 0.0797 e. The van der Waals surface area contributed by atoms with Gasteiger partial charge in [-0.2, -0.15) is 0 Å². The van der Waals surface area contributed by atoms with Crippen molar-refractivity contribution in [1.82, 2.24) is 10.3 Å². The number of hydrogen-bond acceptors (Lipinski definition) is 3. The standard InChI is InChI=1S/C18H24N2S/c1-13-4-3-5-15(10-13)16(11-19-17-7-8-17)6-9-18-14(2)20-12-21-18/h3-5,10,12,16-17,19H,6-9,11H2,1-2H3. The third kappa shape index (κ3) is 4.14. The van der Waals surface area contributed by atoms with Gasteiger partial charge in [0.1, 0.15) is 0 Å². The van der Waals surface area contributed by atoms with Crippen molar-refractivity contribution in [1.29, 1.82) is 0 Å². The average Bonchev–Trinajstić information content (AvgIpc) is 3.21. The third-order valence-electron chi connectivity index (χ3n) is 4.31. The van der Waals surface area contributed by atoms with Gasteiger partial charge in [-0.1, -0.05) is 29.8 Å². The summed E-state index contributed by atoms with van der Waals surface area (Å²) in [5, 5.41) is 3.71. The molecule has 1 aliphatic carbocycles. The highest BCUT2D eigenvalue weighted by atomic mass is 32.1. The van der Waals surface area contributed by atoms with Crippen molar-refractivity contribution < 1.29 is 0 Å². The molecule has 0 bridgehead atoms.